The van der Waals surface area contributed by atoms with E-state index < -0.39 is 17.0 Å². The van der Waals surface area contributed by atoms with E-state index in [1.165, 1.54) is 0 Å². The Bertz CT molecular complexity index is 629. The standard InChI is InChI=1S/C14H9Br2ClF2/c1-7-2-3-8(4-10(7)15)14(17)9-5-13(19)11(16)6-12(9)18/h2-6,14H,1H3. The van der Waals surface area contributed by atoms with Gasteiger partial charge in [-0.25, -0.2) is 8.78 Å². The van der Waals surface area contributed by atoms with Gasteiger partial charge in [0.05, 0.1) is 9.85 Å². The molecule has 0 saturated carbocycles. The Labute approximate surface area is 132 Å². The highest BCUT2D eigenvalue weighted by atomic mass is 79.9. The molecule has 0 bridgehead atoms. The van der Waals surface area contributed by atoms with E-state index in [9.17, 15) is 8.78 Å². The molecule has 0 aromatic heterocycles. The summed E-state index contributed by atoms with van der Waals surface area (Å²) < 4.78 is 28.3. The normalized spacial score (nSPS) is 12.5. The van der Waals surface area contributed by atoms with Crippen LogP contribution in [0.3, 0.4) is 0 Å². The molecule has 0 saturated heterocycles. The third-order valence-electron chi connectivity index (χ3n) is 2.80. The molecule has 0 aliphatic rings. The van der Waals surface area contributed by atoms with Gasteiger partial charge in [0.25, 0.3) is 0 Å². The third-order valence-corrected chi connectivity index (χ3v) is 4.75. The zero-order valence-electron chi connectivity index (χ0n) is 9.85. The summed E-state index contributed by atoms with van der Waals surface area (Å²) in [5, 5.41) is -0.737. The van der Waals surface area contributed by atoms with E-state index in [1.807, 2.05) is 19.1 Å². The molecule has 0 nitrogen and oxygen atoms in total. The number of benzene rings is 2. The van der Waals surface area contributed by atoms with Crippen LogP contribution < -0.4 is 0 Å². The van der Waals surface area contributed by atoms with Crippen molar-refractivity contribution in [1.82, 2.24) is 0 Å². The summed E-state index contributed by atoms with van der Waals surface area (Å²) in [7, 11) is 0. The van der Waals surface area contributed by atoms with Crippen molar-refractivity contribution in [2.45, 2.75) is 12.3 Å². The maximum Gasteiger partial charge on any atom is 0.137 e. The summed E-state index contributed by atoms with van der Waals surface area (Å²) in [4.78, 5) is 0. The van der Waals surface area contributed by atoms with Gasteiger partial charge in [-0.1, -0.05) is 28.1 Å². The molecule has 0 amide bonds. The first kappa shape index (κ1) is 14.9. The summed E-state index contributed by atoms with van der Waals surface area (Å²) in [6.07, 6.45) is 0. The summed E-state index contributed by atoms with van der Waals surface area (Å²) in [6, 6.07) is 7.69. The number of rotatable bonds is 2. The second-order valence-corrected chi connectivity index (χ2v) is 6.30. The first-order chi connectivity index (χ1) is 8.90. The predicted molar refractivity (Wildman–Crippen MR) is 80.6 cm³/mol. The summed E-state index contributed by atoms with van der Waals surface area (Å²) in [5.41, 5.74) is 1.88. The fourth-order valence-corrected chi connectivity index (χ4v) is 2.69. The highest BCUT2D eigenvalue weighted by Crippen LogP contribution is 2.34. The van der Waals surface area contributed by atoms with Gasteiger partial charge in [0.15, 0.2) is 0 Å². The van der Waals surface area contributed by atoms with Crippen LogP contribution in [-0.4, -0.2) is 0 Å². The Morgan fingerprint density at radius 2 is 1.68 bits per heavy atom. The molecule has 0 N–H and O–H groups in total. The van der Waals surface area contributed by atoms with Gasteiger partial charge in [-0.15, -0.1) is 11.6 Å². The van der Waals surface area contributed by atoms with Crippen molar-refractivity contribution in [2.75, 3.05) is 0 Å². The average molecular weight is 410 g/mol. The first-order valence-electron chi connectivity index (χ1n) is 5.44. The third kappa shape index (κ3) is 3.18. The van der Waals surface area contributed by atoms with Crippen LogP contribution in [0, 0.1) is 18.6 Å². The van der Waals surface area contributed by atoms with Gasteiger partial charge < -0.3 is 0 Å². The lowest BCUT2D eigenvalue weighted by Crippen LogP contribution is -1.99. The highest BCUT2D eigenvalue weighted by molar-refractivity contribution is 9.10. The number of hydrogen-bond donors (Lipinski definition) is 0. The molecular formula is C14H9Br2ClF2. The van der Waals surface area contributed by atoms with Crippen molar-refractivity contribution in [3.05, 3.63) is 67.6 Å². The summed E-state index contributed by atoms with van der Waals surface area (Å²) >= 11 is 12.6. The maximum absolute atomic E-state index is 13.9. The van der Waals surface area contributed by atoms with E-state index >= 15 is 0 Å². The predicted octanol–water partition coefficient (Wildman–Crippen LogP) is 6.13. The maximum atomic E-state index is 13.9. The SMILES string of the molecule is Cc1ccc(C(Cl)c2cc(F)c(Br)cc2F)cc1Br. The molecule has 2 aromatic rings. The molecule has 0 heterocycles. The van der Waals surface area contributed by atoms with Crippen LogP contribution in [0.15, 0.2) is 39.3 Å². The topological polar surface area (TPSA) is 0 Å². The minimum absolute atomic E-state index is 0.0858. The van der Waals surface area contributed by atoms with Gasteiger partial charge >= 0.3 is 0 Å². The Morgan fingerprint density at radius 1 is 1.00 bits per heavy atom. The Balaban J connectivity index is 2.46. The minimum atomic E-state index is -0.737. The van der Waals surface area contributed by atoms with E-state index in [-0.39, 0.29) is 10.0 Å². The van der Waals surface area contributed by atoms with Gasteiger partial charge in [-0.3, -0.25) is 0 Å². The number of hydrogen-bond acceptors (Lipinski definition) is 0. The van der Waals surface area contributed by atoms with Crippen molar-refractivity contribution in [3.63, 3.8) is 0 Å². The smallest absolute Gasteiger partial charge is 0.137 e. The van der Waals surface area contributed by atoms with E-state index in [0.717, 1.165) is 22.2 Å². The van der Waals surface area contributed by atoms with Crippen LogP contribution in [0.4, 0.5) is 8.78 Å². The van der Waals surface area contributed by atoms with E-state index in [1.54, 1.807) is 6.07 Å². The van der Waals surface area contributed by atoms with E-state index in [0.29, 0.717) is 5.56 Å². The van der Waals surface area contributed by atoms with Crippen molar-refractivity contribution in [1.29, 1.82) is 0 Å². The molecule has 2 rings (SSSR count). The summed E-state index contributed by atoms with van der Waals surface area (Å²) in [5.74, 6) is -1.07. The number of aryl methyl sites for hydroxylation is 1. The van der Waals surface area contributed by atoms with Crippen LogP contribution >= 0.6 is 43.5 Å². The van der Waals surface area contributed by atoms with Crippen molar-refractivity contribution in [2.24, 2.45) is 0 Å². The zero-order chi connectivity index (χ0) is 14.2. The highest BCUT2D eigenvalue weighted by Gasteiger charge is 2.18. The van der Waals surface area contributed by atoms with E-state index in [4.69, 9.17) is 11.6 Å². The van der Waals surface area contributed by atoms with Crippen LogP contribution in [0.25, 0.3) is 0 Å². The number of halogens is 5. The van der Waals surface area contributed by atoms with Crippen LogP contribution in [0.2, 0.25) is 0 Å². The lowest BCUT2D eigenvalue weighted by molar-refractivity contribution is 0.582. The zero-order valence-corrected chi connectivity index (χ0v) is 13.8. The Morgan fingerprint density at radius 3 is 2.32 bits per heavy atom. The van der Waals surface area contributed by atoms with Crippen molar-refractivity contribution >= 4 is 43.5 Å². The molecule has 0 spiro atoms. The molecule has 5 heteroatoms. The molecular weight excluding hydrogens is 401 g/mol. The van der Waals surface area contributed by atoms with E-state index in [2.05, 4.69) is 31.9 Å². The van der Waals surface area contributed by atoms with Gasteiger partial charge in [0, 0.05) is 10.0 Å². The van der Waals surface area contributed by atoms with Crippen LogP contribution in [0.1, 0.15) is 22.1 Å². The van der Waals surface area contributed by atoms with Crippen molar-refractivity contribution in [3.8, 4) is 0 Å². The van der Waals surface area contributed by atoms with Gasteiger partial charge in [-0.2, -0.15) is 0 Å². The van der Waals surface area contributed by atoms with Gasteiger partial charge in [0.2, 0.25) is 0 Å². The van der Waals surface area contributed by atoms with Gasteiger partial charge in [0.1, 0.15) is 11.6 Å². The quantitative estimate of drug-likeness (QED) is 0.413. The Kier molecular flexibility index (Phi) is 4.64. The molecule has 0 radical (unpaired) electrons. The Hall–Kier alpha value is -0.450. The number of alkyl halides is 1. The molecule has 0 aliphatic heterocycles. The molecule has 0 fully saturated rings. The molecule has 100 valence electrons. The lowest BCUT2D eigenvalue weighted by atomic mass is 10.0. The monoisotopic (exact) mass is 408 g/mol. The molecule has 19 heavy (non-hydrogen) atoms. The van der Waals surface area contributed by atoms with Crippen LogP contribution in [0.5, 0.6) is 0 Å². The van der Waals surface area contributed by atoms with Gasteiger partial charge in [-0.05, 0) is 52.2 Å². The fourth-order valence-electron chi connectivity index (χ4n) is 1.68. The second kappa shape index (κ2) is 5.90. The molecule has 1 atom stereocenters. The largest absolute Gasteiger partial charge is 0.207 e. The lowest BCUT2D eigenvalue weighted by Gasteiger charge is -2.13. The molecule has 0 aliphatic carbocycles. The van der Waals surface area contributed by atoms with Crippen LogP contribution in [-0.2, 0) is 0 Å². The first-order valence-corrected chi connectivity index (χ1v) is 7.47. The molecule has 1 unspecified atom stereocenters. The summed E-state index contributed by atoms with van der Waals surface area (Å²) in [6.45, 7) is 1.94. The fraction of sp³-hybridized carbons (Fsp3) is 0.143. The minimum Gasteiger partial charge on any atom is -0.207 e. The molecule has 2 aromatic carbocycles. The second-order valence-electron chi connectivity index (χ2n) is 4.16. The van der Waals surface area contributed by atoms with Crippen molar-refractivity contribution < 1.29 is 8.78 Å². The average Bonchev–Trinajstić information content (AvgIpc) is 2.36.